The molecule has 0 unspecified atom stereocenters. The lowest BCUT2D eigenvalue weighted by molar-refractivity contribution is 0.0388. The Bertz CT molecular complexity index is 91.4. The second kappa shape index (κ2) is 3.35. The van der Waals surface area contributed by atoms with E-state index in [0.29, 0.717) is 0 Å². The van der Waals surface area contributed by atoms with Crippen molar-refractivity contribution in [3.8, 4) is 0 Å². The number of nitrogens with zero attached hydrogens (tertiary/aromatic N) is 2. The maximum absolute atomic E-state index is 2.34. The molecule has 1 aliphatic heterocycles. The van der Waals surface area contributed by atoms with Crippen LogP contribution in [0.1, 0.15) is 19.8 Å². The summed E-state index contributed by atoms with van der Waals surface area (Å²) in [6.07, 6.45) is 2.70. The van der Waals surface area contributed by atoms with Gasteiger partial charge in [-0.1, -0.05) is 6.92 Å². The molecule has 0 aromatic rings. The molecule has 60 valence electrons. The summed E-state index contributed by atoms with van der Waals surface area (Å²) >= 11 is 0. The highest BCUT2D eigenvalue weighted by Gasteiger charge is 2.13. The van der Waals surface area contributed by atoms with Crippen molar-refractivity contribution in [1.29, 1.82) is 0 Å². The molecule has 1 aliphatic rings. The summed E-state index contributed by atoms with van der Waals surface area (Å²) in [4.78, 5) is 0. The quantitative estimate of drug-likeness (QED) is 0.501. The van der Waals surface area contributed by atoms with Crippen LogP contribution in [0.3, 0.4) is 0 Å². The molecule has 10 heavy (non-hydrogen) atoms. The van der Waals surface area contributed by atoms with E-state index in [4.69, 9.17) is 0 Å². The van der Waals surface area contributed by atoms with Gasteiger partial charge >= 0.3 is 0 Å². The van der Waals surface area contributed by atoms with Crippen molar-refractivity contribution in [3.05, 3.63) is 0 Å². The summed E-state index contributed by atoms with van der Waals surface area (Å²) in [5.41, 5.74) is 0. The molecule has 0 saturated carbocycles. The Kier molecular flexibility index (Phi) is 2.69. The molecule has 1 fully saturated rings. The molecule has 2 nitrogen and oxygen atoms in total. The third-order valence-electron chi connectivity index (χ3n) is 2.47. The van der Waals surface area contributed by atoms with Gasteiger partial charge in [-0.3, -0.25) is 0 Å². The lowest BCUT2D eigenvalue weighted by Crippen LogP contribution is -2.35. The van der Waals surface area contributed by atoms with Crippen molar-refractivity contribution in [2.24, 2.45) is 5.92 Å². The highest BCUT2D eigenvalue weighted by Crippen LogP contribution is 2.13. The monoisotopic (exact) mass is 142 g/mol. The number of hydrazine groups is 1. The first-order valence-electron chi connectivity index (χ1n) is 4.12. The summed E-state index contributed by atoms with van der Waals surface area (Å²) in [5, 5.41) is 4.62. The molecule has 1 heterocycles. The van der Waals surface area contributed by atoms with E-state index in [1.165, 1.54) is 25.9 Å². The van der Waals surface area contributed by atoms with Crippen molar-refractivity contribution in [1.82, 2.24) is 10.0 Å². The predicted octanol–water partition coefficient (Wildman–Crippen LogP) is 1.19. The molecule has 0 aliphatic carbocycles. The summed E-state index contributed by atoms with van der Waals surface area (Å²) in [5.74, 6) is 0.910. The summed E-state index contributed by atoms with van der Waals surface area (Å²) in [7, 11) is 4.33. The van der Waals surface area contributed by atoms with Crippen LogP contribution in [0.15, 0.2) is 0 Å². The number of hydrogen-bond donors (Lipinski definition) is 0. The summed E-state index contributed by atoms with van der Waals surface area (Å²) in [6, 6.07) is 0. The van der Waals surface area contributed by atoms with Gasteiger partial charge in [-0.15, -0.1) is 0 Å². The van der Waals surface area contributed by atoms with E-state index in [1.807, 2.05) is 0 Å². The lowest BCUT2D eigenvalue weighted by Gasteiger charge is -2.24. The largest absolute Gasteiger partial charge is 0.245 e. The van der Waals surface area contributed by atoms with Crippen LogP contribution in [0.5, 0.6) is 0 Å². The van der Waals surface area contributed by atoms with Crippen molar-refractivity contribution in [2.75, 3.05) is 27.2 Å². The van der Waals surface area contributed by atoms with Crippen LogP contribution < -0.4 is 0 Å². The second-order valence-corrected chi connectivity index (χ2v) is 3.45. The molecule has 0 aromatic heterocycles. The van der Waals surface area contributed by atoms with Crippen LogP contribution >= 0.6 is 0 Å². The van der Waals surface area contributed by atoms with Gasteiger partial charge in [0.05, 0.1) is 0 Å². The fraction of sp³-hybridized carbons (Fsp3) is 1.00. The molecular weight excluding hydrogens is 124 g/mol. The molecule has 1 rings (SSSR count). The average Bonchev–Trinajstić information content (AvgIpc) is 2.04. The molecular formula is C8H18N2. The molecule has 0 amide bonds. The van der Waals surface area contributed by atoms with Gasteiger partial charge in [0.1, 0.15) is 0 Å². The zero-order chi connectivity index (χ0) is 7.56. The van der Waals surface area contributed by atoms with E-state index >= 15 is 0 Å². The summed E-state index contributed by atoms with van der Waals surface area (Å²) in [6.45, 7) is 4.78. The SMILES string of the molecule is CC1CCN(C)N(C)CC1. The predicted molar refractivity (Wildman–Crippen MR) is 43.7 cm³/mol. The van der Waals surface area contributed by atoms with Crippen LogP contribution in [0.25, 0.3) is 0 Å². The van der Waals surface area contributed by atoms with E-state index in [2.05, 4.69) is 31.0 Å². The summed E-state index contributed by atoms with van der Waals surface area (Å²) < 4.78 is 0. The fourth-order valence-corrected chi connectivity index (χ4v) is 1.30. The third kappa shape index (κ3) is 1.96. The van der Waals surface area contributed by atoms with Gasteiger partial charge in [-0.05, 0) is 18.8 Å². The third-order valence-corrected chi connectivity index (χ3v) is 2.47. The maximum Gasteiger partial charge on any atom is 0.0132 e. The maximum atomic E-state index is 2.34. The normalized spacial score (nSPS) is 26.7. The molecule has 0 spiro atoms. The van der Waals surface area contributed by atoms with Crippen LogP contribution in [0.2, 0.25) is 0 Å². The van der Waals surface area contributed by atoms with Crippen LogP contribution in [-0.4, -0.2) is 37.2 Å². The molecule has 0 radical (unpaired) electrons. The van der Waals surface area contributed by atoms with Gasteiger partial charge in [0.15, 0.2) is 0 Å². The van der Waals surface area contributed by atoms with Crippen molar-refractivity contribution in [3.63, 3.8) is 0 Å². The minimum absolute atomic E-state index is 0.910. The topological polar surface area (TPSA) is 6.48 Å². The van der Waals surface area contributed by atoms with Gasteiger partial charge in [-0.2, -0.15) is 0 Å². The van der Waals surface area contributed by atoms with Gasteiger partial charge in [-0.25, -0.2) is 10.0 Å². The molecule has 2 heteroatoms. The Morgan fingerprint density at radius 3 is 1.80 bits per heavy atom. The fourth-order valence-electron chi connectivity index (χ4n) is 1.30. The van der Waals surface area contributed by atoms with Crippen LogP contribution in [0.4, 0.5) is 0 Å². The van der Waals surface area contributed by atoms with Crippen molar-refractivity contribution < 1.29 is 0 Å². The second-order valence-electron chi connectivity index (χ2n) is 3.45. The van der Waals surface area contributed by atoms with Crippen molar-refractivity contribution >= 4 is 0 Å². The van der Waals surface area contributed by atoms with Gasteiger partial charge in [0.2, 0.25) is 0 Å². The smallest absolute Gasteiger partial charge is 0.0132 e. The highest BCUT2D eigenvalue weighted by atomic mass is 15.6. The first-order valence-corrected chi connectivity index (χ1v) is 4.12. The molecule has 0 N–H and O–H groups in total. The Morgan fingerprint density at radius 1 is 1.00 bits per heavy atom. The Labute approximate surface area is 63.8 Å². The van der Waals surface area contributed by atoms with Gasteiger partial charge < -0.3 is 0 Å². The Morgan fingerprint density at radius 2 is 1.40 bits per heavy atom. The minimum Gasteiger partial charge on any atom is -0.245 e. The van der Waals surface area contributed by atoms with Crippen LogP contribution in [-0.2, 0) is 0 Å². The number of rotatable bonds is 0. The van der Waals surface area contributed by atoms with Gasteiger partial charge in [0.25, 0.3) is 0 Å². The van der Waals surface area contributed by atoms with Gasteiger partial charge in [0, 0.05) is 27.2 Å². The van der Waals surface area contributed by atoms with E-state index in [-0.39, 0.29) is 0 Å². The first-order chi connectivity index (χ1) is 4.70. The Balaban J connectivity index is 2.38. The Hall–Kier alpha value is -0.0800. The lowest BCUT2D eigenvalue weighted by atomic mass is 10.1. The molecule has 0 aromatic carbocycles. The van der Waals surface area contributed by atoms with E-state index in [9.17, 15) is 0 Å². The average molecular weight is 142 g/mol. The zero-order valence-corrected chi connectivity index (χ0v) is 7.30. The van der Waals surface area contributed by atoms with Crippen LogP contribution in [0, 0.1) is 5.92 Å². The molecule has 0 atom stereocenters. The van der Waals surface area contributed by atoms with Crippen molar-refractivity contribution in [2.45, 2.75) is 19.8 Å². The van der Waals surface area contributed by atoms with E-state index < -0.39 is 0 Å². The standard InChI is InChI=1S/C8H18N2/c1-8-4-6-9(2)10(3)7-5-8/h8H,4-7H2,1-3H3. The first kappa shape index (κ1) is 8.02. The molecule has 0 bridgehead atoms. The molecule has 1 saturated heterocycles. The number of hydrogen-bond acceptors (Lipinski definition) is 2. The van der Waals surface area contributed by atoms with E-state index in [0.717, 1.165) is 5.92 Å². The minimum atomic E-state index is 0.910. The zero-order valence-electron chi connectivity index (χ0n) is 7.30. The highest BCUT2D eigenvalue weighted by molar-refractivity contribution is 4.62. The van der Waals surface area contributed by atoms with E-state index in [1.54, 1.807) is 0 Å².